The van der Waals surface area contributed by atoms with Crippen molar-refractivity contribution in [1.29, 1.82) is 0 Å². The van der Waals surface area contributed by atoms with Gasteiger partial charge in [0.05, 0.1) is 5.92 Å². The Balaban J connectivity index is 2.34. The molecule has 0 spiro atoms. The van der Waals surface area contributed by atoms with Crippen molar-refractivity contribution in [3.63, 3.8) is 0 Å². The van der Waals surface area contributed by atoms with Crippen LogP contribution in [0.1, 0.15) is 85.0 Å². The van der Waals surface area contributed by atoms with Crippen molar-refractivity contribution >= 4 is 11.9 Å². The van der Waals surface area contributed by atoms with Gasteiger partial charge in [0, 0.05) is 6.42 Å². The number of para-hydroxylation sites is 2. The molecule has 1 unspecified atom stereocenters. The van der Waals surface area contributed by atoms with Crippen molar-refractivity contribution in [1.82, 2.24) is 0 Å². The molecule has 0 heterocycles. The third kappa shape index (κ3) is 9.02. The number of carbonyl (C=O) groups is 2. The second-order valence-corrected chi connectivity index (χ2v) is 6.88. The Hall–Kier alpha value is -1.84. The van der Waals surface area contributed by atoms with Crippen molar-refractivity contribution in [3.05, 3.63) is 24.3 Å². The first kappa shape index (κ1) is 22.2. The molecule has 1 rings (SSSR count). The highest BCUT2D eigenvalue weighted by Gasteiger charge is 2.17. The first-order valence-corrected chi connectivity index (χ1v) is 10.1. The van der Waals surface area contributed by atoms with Crippen LogP contribution in [0.4, 0.5) is 0 Å². The van der Waals surface area contributed by atoms with Gasteiger partial charge in [-0.1, -0.05) is 77.8 Å². The van der Waals surface area contributed by atoms with Gasteiger partial charge in [0.2, 0.25) is 0 Å². The lowest BCUT2D eigenvalue weighted by molar-refractivity contribution is -0.139. The molecule has 0 amide bonds. The standard InChI is InChI=1S/C22H34O4/c1-4-6-7-8-9-10-11-12-17-21(23)25-19-15-13-14-16-20(19)26-22(24)18(3)5-2/h13-16,18H,4-12,17H2,1-3H3. The molecule has 0 radical (unpaired) electrons. The van der Waals surface area contributed by atoms with Crippen LogP contribution in [0.15, 0.2) is 24.3 Å². The summed E-state index contributed by atoms with van der Waals surface area (Å²) in [6.45, 7) is 5.97. The van der Waals surface area contributed by atoms with Gasteiger partial charge >= 0.3 is 11.9 Å². The van der Waals surface area contributed by atoms with Crippen LogP contribution in [0, 0.1) is 5.92 Å². The normalized spacial score (nSPS) is 11.8. The minimum Gasteiger partial charge on any atom is -0.423 e. The summed E-state index contributed by atoms with van der Waals surface area (Å²) in [6.07, 6.45) is 10.6. The van der Waals surface area contributed by atoms with Crippen molar-refractivity contribution in [2.75, 3.05) is 0 Å². The van der Waals surface area contributed by atoms with E-state index in [0.717, 1.165) is 12.8 Å². The van der Waals surface area contributed by atoms with E-state index >= 15 is 0 Å². The summed E-state index contributed by atoms with van der Waals surface area (Å²) in [7, 11) is 0. The largest absolute Gasteiger partial charge is 0.423 e. The molecule has 0 aliphatic heterocycles. The lowest BCUT2D eigenvalue weighted by Gasteiger charge is -2.12. The van der Waals surface area contributed by atoms with E-state index in [2.05, 4.69) is 6.92 Å². The molecule has 0 aromatic heterocycles. The minimum atomic E-state index is -0.306. The minimum absolute atomic E-state index is 0.184. The Labute approximate surface area is 158 Å². The van der Waals surface area contributed by atoms with Gasteiger partial charge in [-0.2, -0.15) is 0 Å². The molecule has 4 nitrogen and oxygen atoms in total. The average molecular weight is 363 g/mol. The molecule has 0 fully saturated rings. The van der Waals surface area contributed by atoms with E-state index in [1.54, 1.807) is 24.3 Å². The van der Waals surface area contributed by atoms with Crippen LogP contribution in [-0.4, -0.2) is 11.9 Å². The summed E-state index contributed by atoms with van der Waals surface area (Å²) in [5, 5.41) is 0. The summed E-state index contributed by atoms with van der Waals surface area (Å²) in [6, 6.07) is 6.83. The van der Waals surface area contributed by atoms with Crippen LogP contribution in [0.25, 0.3) is 0 Å². The number of carbonyl (C=O) groups excluding carboxylic acids is 2. The molecule has 1 aromatic carbocycles. The maximum atomic E-state index is 12.1. The van der Waals surface area contributed by atoms with Crippen molar-refractivity contribution in [2.45, 2.75) is 85.0 Å². The van der Waals surface area contributed by atoms with Crippen LogP contribution >= 0.6 is 0 Å². The Kier molecular flexibility index (Phi) is 11.4. The van der Waals surface area contributed by atoms with Gasteiger partial charge in [-0.05, 0) is 25.0 Å². The summed E-state index contributed by atoms with van der Waals surface area (Å²) >= 11 is 0. The van der Waals surface area contributed by atoms with E-state index in [-0.39, 0.29) is 17.9 Å². The number of hydrogen-bond donors (Lipinski definition) is 0. The molecule has 26 heavy (non-hydrogen) atoms. The van der Waals surface area contributed by atoms with Crippen molar-refractivity contribution in [3.8, 4) is 11.5 Å². The van der Waals surface area contributed by atoms with Gasteiger partial charge in [-0.15, -0.1) is 0 Å². The lowest BCUT2D eigenvalue weighted by Crippen LogP contribution is -2.18. The molecule has 1 aromatic rings. The zero-order chi connectivity index (χ0) is 19.2. The highest BCUT2D eigenvalue weighted by Crippen LogP contribution is 2.28. The lowest BCUT2D eigenvalue weighted by atomic mass is 10.1. The molecule has 0 aliphatic carbocycles. The summed E-state index contributed by atoms with van der Waals surface area (Å²) in [5.74, 6) is -0.144. The molecule has 0 saturated carbocycles. The third-order valence-electron chi connectivity index (χ3n) is 4.53. The number of unbranched alkanes of at least 4 members (excludes halogenated alkanes) is 7. The molecule has 0 aliphatic rings. The highest BCUT2D eigenvalue weighted by molar-refractivity contribution is 5.77. The monoisotopic (exact) mass is 362 g/mol. The van der Waals surface area contributed by atoms with E-state index in [0.29, 0.717) is 24.3 Å². The first-order valence-electron chi connectivity index (χ1n) is 10.1. The van der Waals surface area contributed by atoms with Gasteiger partial charge in [0.1, 0.15) is 0 Å². The van der Waals surface area contributed by atoms with Crippen molar-refractivity contribution in [2.24, 2.45) is 5.92 Å². The molecule has 1 atom stereocenters. The maximum absolute atomic E-state index is 12.1. The van der Waals surface area contributed by atoms with Crippen LogP contribution < -0.4 is 9.47 Å². The van der Waals surface area contributed by atoms with Crippen LogP contribution in [0.3, 0.4) is 0 Å². The van der Waals surface area contributed by atoms with E-state index in [1.807, 2.05) is 13.8 Å². The fourth-order valence-corrected chi connectivity index (χ4v) is 2.57. The predicted octanol–water partition coefficient (Wildman–Crippen LogP) is 6.07. The van der Waals surface area contributed by atoms with E-state index in [9.17, 15) is 9.59 Å². The Morgan fingerprint density at radius 3 is 1.96 bits per heavy atom. The second kappa shape index (κ2) is 13.4. The van der Waals surface area contributed by atoms with Gasteiger partial charge in [-0.3, -0.25) is 9.59 Å². The predicted molar refractivity (Wildman–Crippen MR) is 104 cm³/mol. The molecule has 0 bridgehead atoms. The fourth-order valence-electron chi connectivity index (χ4n) is 2.57. The molecular formula is C22H34O4. The Morgan fingerprint density at radius 1 is 0.846 bits per heavy atom. The van der Waals surface area contributed by atoms with Crippen LogP contribution in [-0.2, 0) is 9.59 Å². The number of ether oxygens (including phenoxy) is 2. The zero-order valence-corrected chi connectivity index (χ0v) is 16.6. The zero-order valence-electron chi connectivity index (χ0n) is 16.6. The van der Waals surface area contributed by atoms with E-state index in [1.165, 1.54) is 38.5 Å². The topological polar surface area (TPSA) is 52.6 Å². The third-order valence-corrected chi connectivity index (χ3v) is 4.53. The maximum Gasteiger partial charge on any atom is 0.314 e. The van der Waals surface area contributed by atoms with E-state index in [4.69, 9.17) is 9.47 Å². The van der Waals surface area contributed by atoms with Crippen LogP contribution in [0.2, 0.25) is 0 Å². The van der Waals surface area contributed by atoms with Gasteiger partial charge < -0.3 is 9.47 Å². The quantitative estimate of drug-likeness (QED) is 0.243. The molecule has 0 saturated heterocycles. The average Bonchev–Trinajstić information content (AvgIpc) is 2.64. The fraction of sp³-hybridized carbons (Fsp3) is 0.636. The summed E-state index contributed by atoms with van der Waals surface area (Å²) in [5.41, 5.74) is 0. The van der Waals surface area contributed by atoms with Gasteiger partial charge in [0.25, 0.3) is 0 Å². The van der Waals surface area contributed by atoms with Gasteiger partial charge in [0.15, 0.2) is 11.5 Å². The molecular weight excluding hydrogens is 328 g/mol. The van der Waals surface area contributed by atoms with E-state index < -0.39 is 0 Å². The molecule has 146 valence electrons. The van der Waals surface area contributed by atoms with Crippen LogP contribution in [0.5, 0.6) is 11.5 Å². The first-order chi connectivity index (χ1) is 12.6. The van der Waals surface area contributed by atoms with Crippen molar-refractivity contribution < 1.29 is 19.1 Å². The smallest absolute Gasteiger partial charge is 0.314 e. The number of rotatable bonds is 13. The number of esters is 2. The summed E-state index contributed by atoms with van der Waals surface area (Å²) in [4.78, 5) is 24.0. The second-order valence-electron chi connectivity index (χ2n) is 6.88. The van der Waals surface area contributed by atoms with Gasteiger partial charge in [-0.25, -0.2) is 0 Å². The SMILES string of the molecule is CCCCCCCCCCC(=O)Oc1ccccc1OC(=O)C(C)CC. The Morgan fingerprint density at radius 2 is 1.38 bits per heavy atom. The molecule has 4 heteroatoms. The summed E-state index contributed by atoms with van der Waals surface area (Å²) < 4.78 is 10.8. The number of benzene rings is 1. The Bertz CT molecular complexity index is 539. The molecule has 0 N–H and O–H groups in total. The highest BCUT2D eigenvalue weighted by atomic mass is 16.6. The number of hydrogen-bond acceptors (Lipinski definition) is 4.